The van der Waals surface area contributed by atoms with Gasteiger partial charge in [-0.3, -0.25) is 9.58 Å². The van der Waals surface area contributed by atoms with Crippen LogP contribution in [0.15, 0.2) is 37.2 Å². The van der Waals surface area contributed by atoms with Gasteiger partial charge in [0, 0.05) is 31.4 Å². The fourth-order valence-electron chi connectivity index (χ4n) is 4.45. The van der Waals surface area contributed by atoms with E-state index in [1.807, 2.05) is 17.0 Å². The van der Waals surface area contributed by atoms with Gasteiger partial charge >= 0.3 is 0 Å². The van der Waals surface area contributed by atoms with Gasteiger partial charge in [-0.1, -0.05) is 6.08 Å². The van der Waals surface area contributed by atoms with Gasteiger partial charge in [0.1, 0.15) is 0 Å². The van der Waals surface area contributed by atoms with E-state index in [-0.39, 0.29) is 5.60 Å². The molecule has 1 aromatic carbocycles. The molecule has 1 spiro atoms. The highest BCUT2D eigenvalue weighted by atomic mass is 16.5. The number of benzene rings is 1. The minimum atomic E-state index is -0.212. The molecule has 0 saturated carbocycles. The lowest BCUT2D eigenvalue weighted by atomic mass is 9.79. The average molecular weight is 383 g/mol. The van der Waals surface area contributed by atoms with Crippen molar-refractivity contribution in [3.63, 3.8) is 0 Å². The third-order valence-corrected chi connectivity index (χ3v) is 5.92. The SMILES string of the molecule is C=CCn1cc(CN2CCC3(CC2)OCCc2cc(OC)c(OC)cc23)cn1. The normalized spacial score (nSPS) is 18.6. The first-order valence-electron chi connectivity index (χ1n) is 9.91. The zero-order valence-corrected chi connectivity index (χ0v) is 16.8. The van der Waals surface area contributed by atoms with Crippen LogP contribution < -0.4 is 9.47 Å². The molecule has 3 heterocycles. The number of rotatable bonds is 6. The summed E-state index contributed by atoms with van der Waals surface area (Å²) in [6.45, 7) is 8.20. The Hall–Kier alpha value is -2.31. The van der Waals surface area contributed by atoms with Gasteiger partial charge in [0.2, 0.25) is 0 Å². The van der Waals surface area contributed by atoms with E-state index in [4.69, 9.17) is 14.2 Å². The molecule has 0 radical (unpaired) electrons. The van der Waals surface area contributed by atoms with Gasteiger partial charge in [0.05, 0.1) is 39.2 Å². The Morgan fingerprint density at radius 2 is 1.96 bits per heavy atom. The number of methoxy groups -OCH3 is 2. The molecule has 1 aromatic heterocycles. The highest BCUT2D eigenvalue weighted by Gasteiger charge is 2.41. The van der Waals surface area contributed by atoms with Crippen LogP contribution in [0.2, 0.25) is 0 Å². The minimum absolute atomic E-state index is 0.212. The molecule has 2 aliphatic rings. The van der Waals surface area contributed by atoms with Gasteiger partial charge in [0.15, 0.2) is 11.5 Å². The van der Waals surface area contributed by atoms with E-state index < -0.39 is 0 Å². The zero-order chi connectivity index (χ0) is 19.6. The summed E-state index contributed by atoms with van der Waals surface area (Å²) >= 11 is 0. The van der Waals surface area contributed by atoms with E-state index in [1.54, 1.807) is 14.2 Å². The van der Waals surface area contributed by atoms with Crippen LogP contribution in [0.1, 0.15) is 29.5 Å². The van der Waals surface area contributed by atoms with Gasteiger partial charge in [0.25, 0.3) is 0 Å². The molecular weight excluding hydrogens is 354 g/mol. The molecule has 2 aliphatic heterocycles. The van der Waals surface area contributed by atoms with Crippen LogP contribution >= 0.6 is 0 Å². The van der Waals surface area contributed by atoms with Crippen molar-refractivity contribution in [1.29, 1.82) is 0 Å². The van der Waals surface area contributed by atoms with Crippen LogP contribution in [0.4, 0.5) is 0 Å². The number of fused-ring (bicyclic) bond motifs is 2. The van der Waals surface area contributed by atoms with Gasteiger partial charge < -0.3 is 14.2 Å². The Labute approximate surface area is 166 Å². The lowest BCUT2D eigenvalue weighted by Gasteiger charge is -2.45. The summed E-state index contributed by atoms with van der Waals surface area (Å²) < 4.78 is 19.4. The molecule has 6 nitrogen and oxygen atoms in total. The van der Waals surface area contributed by atoms with Crippen LogP contribution in [-0.2, 0) is 29.8 Å². The first-order valence-corrected chi connectivity index (χ1v) is 9.91. The summed E-state index contributed by atoms with van der Waals surface area (Å²) in [7, 11) is 3.38. The van der Waals surface area contributed by atoms with E-state index in [0.717, 1.165) is 63.5 Å². The molecule has 0 unspecified atom stereocenters. The van der Waals surface area contributed by atoms with E-state index >= 15 is 0 Å². The predicted molar refractivity (Wildman–Crippen MR) is 108 cm³/mol. The summed E-state index contributed by atoms with van der Waals surface area (Å²) in [5.74, 6) is 1.58. The van der Waals surface area contributed by atoms with Crippen LogP contribution in [-0.4, -0.2) is 48.6 Å². The fourth-order valence-corrected chi connectivity index (χ4v) is 4.45. The Kier molecular flexibility index (Phi) is 5.42. The fraction of sp³-hybridized carbons (Fsp3) is 0.500. The van der Waals surface area contributed by atoms with Gasteiger partial charge in [-0.2, -0.15) is 5.10 Å². The molecule has 150 valence electrons. The van der Waals surface area contributed by atoms with Crippen molar-refractivity contribution in [2.24, 2.45) is 0 Å². The smallest absolute Gasteiger partial charge is 0.161 e. The Morgan fingerprint density at radius 1 is 1.21 bits per heavy atom. The maximum Gasteiger partial charge on any atom is 0.161 e. The molecule has 0 N–H and O–H groups in total. The molecular formula is C22H29N3O3. The largest absolute Gasteiger partial charge is 0.493 e. The van der Waals surface area contributed by atoms with Crippen LogP contribution in [0.25, 0.3) is 0 Å². The number of ether oxygens (including phenoxy) is 3. The van der Waals surface area contributed by atoms with Crippen molar-refractivity contribution in [2.45, 2.75) is 38.0 Å². The lowest BCUT2D eigenvalue weighted by molar-refractivity contribution is -0.0990. The van der Waals surface area contributed by atoms with Crippen LogP contribution in [0.5, 0.6) is 11.5 Å². The minimum Gasteiger partial charge on any atom is -0.493 e. The van der Waals surface area contributed by atoms with Gasteiger partial charge in [-0.15, -0.1) is 6.58 Å². The van der Waals surface area contributed by atoms with Crippen molar-refractivity contribution >= 4 is 0 Å². The molecule has 6 heteroatoms. The third-order valence-electron chi connectivity index (χ3n) is 5.92. The van der Waals surface area contributed by atoms with Crippen molar-refractivity contribution < 1.29 is 14.2 Å². The molecule has 1 saturated heterocycles. The van der Waals surface area contributed by atoms with Crippen LogP contribution in [0.3, 0.4) is 0 Å². The second kappa shape index (κ2) is 7.97. The predicted octanol–water partition coefficient (Wildman–Crippen LogP) is 3.15. The first-order chi connectivity index (χ1) is 13.7. The number of hydrogen-bond donors (Lipinski definition) is 0. The molecule has 2 aromatic rings. The van der Waals surface area contributed by atoms with Crippen molar-refractivity contribution in [3.8, 4) is 11.5 Å². The van der Waals surface area contributed by atoms with Crippen molar-refractivity contribution in [1.82, 2.24) is 14.7 Å². The van der Waals surface area contributed by atoms with Crippen molar-refractivity contribution in [2.75, 3.05) is 33.9 Å². The summed E-state index contributed by atoms with van der Waals surface area (Å²) in [5.41, 5.74) is 3.63. The van der Waals surface area contributed by atoms with E-state index in [0.29, 0.717) is 0 Å². The average Bonchev–Trinajstić information content (AvgIpc) is 3.16. The van der Waals surface area contributed by atoms with Crippen LogP contribution in [0, 0.1) is 0 Å². The second-order valence-electron chi connectivity index (χ2n) is 7.59. The monoisotopic (exact) mass is 383 g/mol. The van der Waals surface area contributed by atoms with E-state index in [1.165, 1.54) is 16.7 Å². The highest BCUT2D eigenvalue weighted by Crippen LogP contribution is 2.45. The quantitative estimate of drug-likeness (QED) is 0.717. The first kappa shape index (κ1) is 19.0. The summed E-state index contributed by atoms with van der Waals surface area (Å²) in [5, 5.41) is 4.39. The topological polar surface area (TPSA) is 48.8 Å². The number of piperidine rings is 1. The number of hydrogen-bond acceptors (Lipinski definition) is 5. The summed E-state index contributed by atoms with van der Waals surface area (Å²) in [6.07, 6.45) is 8.81. The maximum absolute atomic E-state index is 6.39. The number of allylic oxidation sites excluding steroid dienone is 1. The molecule has 0 amide bonds. The molecule has 28 heavy (non-hydrogen) atoms. The number of likely N-dealkylation sites (tertiary alicyclic amines) is 1. The van der Waals surface area contributed by atoms with E-state index in [2.05, 4.69) is 34.9 Å². The lowest BCUT2D eigenvalue weighted by Crippen LogP contribution is -2.46. The highest BCUT2D eigenvalue weighted by molar-refractivity contribution is 5.50. The van der Waals surface area contributed by atoms with Crippen molar-refractivity contribution in [3.05, 3.63) is 53.9 Å². The molecule has 4 rings (SSSR count). The summed E-state index contributed by atoms with van der Waals surface area (Å²) in [6, 6.07) is 4.25. The Morgan fingerprint density at radius 3 is 2.68 bits per heavy atom. The van der Waals surface area contributed by atoms with E-state index in [9.17, 15) is 0 Å². The number of aromatic nitrogens is 2. The molecule has 0 aliphatic carbocycles. The Bertz CT molecular complexity index is 838. The Balaban J connectivity index is 1.49. The van der Waals surface area contributed by atoms with Gasteiger partial charge in [-0.25, -0.2) is 0 Å². The third kappa shape index (κ3) is 3.54. The molecule has 0 atom stereocenters. The summed E-state index contributed by atoms with van der Waals surface area (Å²) in [4.78, 5) is 2.49. The molecule has 0 bridgehead atoms. The second-order valence-corrected chi connectivity index (χ2v) is 7.59. The maximum atomic E-state index is 6.39. The van der Waals surface area contributed by atoms with Gasteiger partial charge in [-0.05, 0) is 42.5 Å². The zero-order valence-electron chi connectivity index (χ0n) is 16.8. The number of nitrogens with zero attached hydrogens (tertiary/aromatic N) is 3. The standard InChI is InChI=1S/C22H29N3O3/c1-4-8-25-16-17(14-23-25)15-24-9-6-22(7-10-24)19-13-21(27-3)20(26-2)12-18(19)5-11-28-22/h4,12-14,16H,1,5-11,15H2,2-3H3. The molecule has 1 fully saturated rings.